The second-order valence-corrected chi connectivity index (χ2v) is 6.81. The molecule has 0 bridgehead atoms. The lowest BCUT2D eigenvalue weighted by atomic mass is 10.1. The fraction of sp³-hybridized carbons (Fsp3) is 0.474. The van der Waals surface area contributed by atoms with E-state index in [0.29, 0.717) is 31.0 Å². The number of carbonyl (C=O) groups excluding carboxylic acids is 1. The number of rotatable bonds is 7. The molecule has 1 aliphatic heterocycles. The highest BCUT2D eigenvalue weighted by Crippen LogP contribution is 2.31. The lowest BCUT2D eigenvalue weighted by Crippen LogP contribution is -2.46. The van der Waals surface area contributed by atoms with Crippen LogP contribution in [0.15, 0.2) is 36.5 Å². The molecule has 0 unspecified atom stereocenters. The second-order valence-electron chi connectivity index (χ2n) is 6.81. The second kappa shape index (κ2) is 9.09. The summed E-state index contributed by atoms with van der Waals surface area (Å²) in [5, 5.41) is 9.20. The van der Waals surface area contributed by atoms with Gasteiger partial charge in [0.1, 0.15) is 5.69 Å². The van der Waals surface area contributed by atoms with Crippen LogP contribution in [0.5, 0.6) is 0 Å². The first-order valence-electron chi connectivity index (χ1n) is 9.35. The van der Waals surface area contributed by atoms with Gasteiger partial charge in [0.2, 0.25) is 0 Å². The molecule has 0 aliphatic carbocycles. The van der Waals surface area contributed by atoms with Crippen molar-refractivity contribution in [2.45, 2.75) is 19.0 Å². The smallest absolute Gasteiger partial charge is 0.369 e. The molecule has 1 saturated heterocycles. The summed E-state index contributed by atoms with van der Waals surface area (Å²) in [6, 6.07) is 7.14. The van der Waals surface area contributed by atoms with E-state index >= 15 is 0 Å². The monoisotopic (exact) mass is 395 g/mol. The van der Waals surface area contributed by atoms with Gasteiger partial charge in [-0.2, -0.15) is 18.3 Å². The molecule has 0 radical (unpaired) electrons. The molecular formula is C19H24F3N5O. The number of aromatic nitrogens is 2. The van der Waals surface area contributed by atoms with E-state index in [4.69, 9.17) is 0 Å². The Hall–Kier alpha value is -2.55. The third-order valence-electron chi connectivity index (χ3n) is 4.84. The van der Waals surface area contributed by atoms with Gasteiger partial charge in [-0.3, -0.25) is 14.8 Å². The Kier molecular flexibility index (Phi) is 6.56. The van der Waals surface area contributed by atoms with Crippen molar-refractivity contribution in [3.05, 3.63) is 47.8 Å². The van der Waals surface area contributed by atoms with E-state index in [0.717, 1.165) is 38.5 Å². The van der Waals surface area contributed by atoms with Crippen molar-refractivity contribution < 1.29 is 18.0 Å². The number of nitrogens with zero attached hydrogens (tertiary/aromatic N) is 3. The number of carbonyl (C=O) groups is 1. The van der Waals surface area contributed by atoms with Crippen molar-refractivity contribution in [2.75, 3.05) is 44.2 Å². The van der Waals surface area contributed by atoms with E-state index in [1.165, 1.54) is 18.3 Å². The molecule has 0 atom stereocenters. The highest BCUT2D eigenvalue weighted by Gasteiger charge is 2.31. The Morgan fingerprint density at radius 1 is 1.14 bits per heavy atom. The molecule has 2 heterocycles. The lowest BCUT2D eigenvalue weighted by molar-refractivity contribution is -0.137. The number of nitrogens with one attached hydrogen (secondary N) is 2. The number of hydrogen-bond donors (Lipinski definition) is 2. The molecule has 1 aliphatic rings. The van der Waals surface area contributed by atoms with Gasteiger partial charge in [0.25, 0.3) is 5.91 Å². The summed E-state index contributed by atoms with van der Waals surface area (Å²) in [5.74, 6) is -0.160. The van der Waals surface area contributed by atoms with Crippen molar-refractivity contribution >= 4 is 11.6 Å². The molecule has 9 heteroatoms. The van der Waals surface area contributed by atoms with Crippen molar-refractivity contribution in [2.24, 2.45) is 0 Å². The van der Waals surface area contributed by atoms with E-state index in [9.17, 15) is 18.0 Å². The van der Waals surface area contributed by atoms with Gasteiger partial charge in [0.15, 0.2) is 0 Å². The fourth-order valence-electron chi connectivity index (χ4n) is 3.25. The molecule has 0 spiro atoms. The van der Waals surface area contributed by atoms with E-state index < -0.39 is 11.7 Å². The molecule has 6 nitrogen and oxygen atoms in total. The molecule has 152 valence electrons. The van der Waals surface area contributed by atoms with Crippen molar-refractivity contribution in [3.8, 4) is 0 Å². The number of hydrogen-bond acceptors (Lipinski definition) is 4. The summed E-state index contributed by atoms with van der Waals surface area (Å²) in [6.45, 7) is 4.56. The van der Waals surface area contributed by atoms with Crippen molar-refractivity contribution in [1.29, 1.82) is 0 Å². The molecule has 1 amide bonds. The zero-order valence-corrected chi connectivity index (χ0v) is 15.5. The van der Waals surface area contributed by atoms with Crippen LogP contribution >= 0.6 is 0 Å². The Labute approximate surface area is 161 Å². The molecule has 2 N–H and O–H groups in total. The lowest BCUT2D eigenvalue weighted by Gasteiger charge is -2.36. The maximum atomic E-state index is 12.9. The van der Waals surface area contributed by atoms with Crippen LogP contribution in [-0.4, -0.2) is 60.3 Å². The van der Waals surface area contributed by atoms with Crippen LogP contribution in [0.25, 0.3) is 0 Å². The average molecular weight is 395 g/mol. The van der Waals surface area contributed by atoms with Gasteiger partial charge >= 0.3 is 6.18 Å². The van der Waals surface area contributed by atoms with E-state index in [2.05, 4.69) is 20.4 Å². The SMILES string of the molecule is O=C(NCCCCN1CCN(c2cccc(C(F)(F)F)c2)CC1)c1ccn[nH]1. The fourth-order valence-corrected chi connectivity index (χ4v) is 3.25. The number of amides is 1. The van der Waals surface area contributed by atoms with E-state index in [-0.39, 0.29) is 5.91 Å². The first kappa shape index (κ1) is 20.2. The maximum Gasteiger partial charge on any atom is 0.416 e. The van der Waals surface area contributed by atoms with Gasteiger partial charge in [-0.25, -0.2) is 0 Å². The maximum absolute atomic E-state index is 12.9. The summed E-state index contributed by atoms with van der Waals surface area (Å²) in [6.07, 6.45) is -0.959. The zero-order valence-electron chi connectivity index (χ0n) is 15.5. The zero-order chi connectivity index (χ0) is 20.0. The number of benzene rings is 1. The standard InChI is InChI=1S/C19H24F3N5O/c20-19(21,22)15-4-3-5-16(14-15)27-12-10-26(11-13-27)9-2-1-7-23-18(28)17-6-8-24-25-17/h3-6,8,14H,1-2,7,9-13H2,(H,23,28)(H,24,25). The normalized spacial score (nSPS) is 15.6. The number of aromatic amines is 1. The number of halogens is 3. The number of unbranched alkanes of at least 4 members (excludes halogenated alkanes) is 1. The van der Waals surface area contributed by atoms with Gasteiger partial charge < -0.3 is 10.2 Å². The summed E-state index contributed by atoms with van der Waals surface area (Å²) < 4.78 is 38.6. The molecule has 1 aromatic heterocycles. The Balaban J connectivity index is 1.35. The van der Waals surface area contributed by atoms with Crippen LogP contribution in [-0.2, 0) is 6.18 Å². The minimum atomic E-state index is -4.31. The van der Waals surface area contributed by atoms with Crippen LogP contribution in [0.3, 0.4) is 0 Å². The van der Waals surface area contributed by atoms with E-state index in [1.807, 2.05) is 4.90 Å². The predicted octanol–water partition coefficient (Wildman–Crippen LogP) is 2.76. The third kappa shape index (κ3) is 5.48. The minimum absolute atomic E-state index is 0.160. The molecular weight excluding hydrogens is 371 g/mol. The van der Waals surface area contributed by atoms with Gasteiger partial charge in [0, 0.05) is 44.6 Å². The van der Waals surface area contributed by atoms with Crippen LogP contribution in [0, 0.1) is 0 Å². The van der Waals surface area contributed by atoms with Gasteiger partial charge in [-0.05, 0) is 43.7 Å². The average Bonchev–Trinajstić information content (AvgIpc) is 3.22. The highest BCUT2D eigenvalue weighted by atomic mass is 19.4. The summed E-state index contributed by atoms with van der Waals surface area (Å²) >= 11 is 0. The quantitative estimate of drug-likeness (QED) is 0.708. The van der Waals surface area contributed by atoms with Gasteiger partial charge in [-0.15, -0.1) is 0 Å². The Bertz CT molecular complexity index is 755. The highest BCUT2D eigenvalue weighted by molar-refractivity contribution is 5.91. The van der Waals surface area contributed by atoms with Crippen LogP contribution in [0.1, 0.15) is 28.9 Å². The Morgan fingerprint density at radius 2 is 1.93 bits per heavy atom. The van der Waals surface area contributed by atoms with Crippen molar-refractivity contribution in [3.63, 3.8) is 0 Å². The largest absolute Gasteiger partial charge is 0.416 e. The van der Waals surface area contributed by atoms with Gasteiger partial charge in [0.05, 0.1) is 5.56 Å². The molecule has 1 fully saturated rings. The first-order chi connectivity index (χ1) is 13.4. The molecule has 3 rings (SSSR count). The molecule has 2 aromatic rings. The topological polar surface area (TPSA) is 64.3 Å². The predicted molar refractivity (Wildman–Crippen MR) is 100 cm³/mol. The minimum Gasteiger partial charge on any atom is -0.369 e. The number of anilines is 1. The van der Waals surface area contributed by atoms with Crippen molar-refractivity contribution in [1.82, 2.24) is 20.4 Å². The molecule has 1 aromatic carbocycles. The summed E-state index contributed by atoms with van der Waals surface area (Å²) in [7, 11) is 0. The summed E-state index contributed by atoms with van der Waals surface area (Å²) in [5.41, 5.74) is 0.464. The van der Waals surface area contributed by atoms with Gasteiger partial charge in [-0.1, -0.05) is 6.07 Å². The first-order valence-corrected chi connectivity index (χ1v) is 9.35. The summed E-state index contributed by atoms with van der Waals surface area (Å²) in [4.78, 5) is 16.1. The third-order valence-corrected chi connectivity index (χ3v) is 4.84. The number of alkyl halides is 3. The number of piperazine rings is 1. The Morgan fingerprint density at radius 3 is 2.61 bits per heavy atom. The van der Waals surface area contributed by atoms with Crippen LogP contribution in [0.2, 0.25) is 0 Å². The molecule has 28 heavy (non-hydrogen) atoms. The molecule has 0 saturated carbocycles. The van der Waals surface area contributed by atoms with Crippen LogP contribution in [0.4, 0.5) is 18.9 Å². The number of H-pyrrole nitrogens is 1. The van der Waals surface area contributed by atoms with E-state index in [1.54, 1.807) is 12.1 Å². The van der Waals surface area contributed by atoms with Crippen LogP contribution < -0.4 is 10.2 Å².